The van der Waals surface area contributed by atoms with Crippen molar-refractivity contribution < 1.29 is 17.6 Å². The molecule has 0 bridgehead atoms. The SMILES string of the molecule is Cc1ccc(S(=O)(=O)N2CCN(C(=O)c3cc4c(F)cccc4s3)CC2)cc1C. The Bertz CT molecular complexity index is 1200. The molecule has 5 nitrogen and oxygen atoms in total. The number of sulfonamides is 1. The van der Waals surface area contributed by atoms with Crippen LogP contribution in [0.2, 0.25) is 0 Å². The van der Waals surface area contributed by atoms with Gasteiger partial charge in [-0.3, -0.25) is 4.79 Å². The third-order valence-electron chi connectivity index (χ3n) is 5.36. The third kappa shape index (κ3) is 3.68. The molecule has 4 rings (SSSR count). The lowest BCUT2D eigenvalue weighted by molar-refractivity contribution is 0.0703. The molecule has 0 aliphatic carbocycles. The average Bonchev–Trinajstić information content (AvgIpc) is 3.15. The van der Waals surface area contributed by atoms with Crippen molar-refractivity contribution in [3.63, 3.8) is 0 Å². The van der Waals surface area contributed by atoms with Gasteiger partial charge in [-0.1, -0.05) is 12.1 Å². The van der Waals surface area contributed by atoms with Crippen LogP contribution in [0.1, 0.15) is 20.8 Å². The lowest BCUT2D eigenvalue weighted by Gasteiger charge is -2.33. The summed E-state index contributed by atoms with van der Waals surface area (Å²) in [5, 5.41) is 0.441. The first-order valence-corrected chi connectivity index (χ1v) is 11.6. The standard InChI is InChI=1S/C21H21FN2O3S2/c1-14-6-7-16(12-15(14)2)29(26,27)24-10-8-23(9-11-24)21(25)20-13-17-18(22)4-3-5-19(17)28-20/h3-7,12-13H,8-11H2,1-2H3. The molecule has 1 aliphatic heterocycles. The summed E-state index contributed by atoms with van der Waals surface area (Å²) in [7, 11) is -3.59. The molecule has 1 fully saturated rings. The van der Waals surface area contributed by atoms with Crippen molar-refractivity contribution in [1.29, 1.82) is 0 Å². The summed E-state index contributed by atoms with van der Waals surface area (Å²) in [5.74, 6) is -0.532. The summed E-state index contributed by atoms with van der Waals surface area (Å²) in [6.07, 6.45) is 0. The normalized spacial score (nSPS) is 15.8. The highest BCUT2D eigenvalue weighted by atomic mass is 32.2. The molecule has 0 N–H and O–H groups in total. The van der Waals surface area contributed by atoms with E-state index in [1.165, 1.54) is 21.7 Å². The molecular formula is C21H21FN2O3S2. The second-order valence-electron chi connectivity index (χ2n) is 7.20. The van der Waals surface area contributed by atoms with Crippen molar-refractivity contribution >= 4 is 37.4 Å². The fourth-order valence-electron chi connectivity index (χ4n) is 3.44. The van der Waals surface area contributed by atoms with Gasteiger partial charge < -0.3 is 4.90 Å². The molecule has 1 aliphatic rings. The Kier molecular flexibility index (Phi) is 5.18. The smallest absolute Gasteiger partial charge is 0.264 e. The van der Waals surface area contributed by atoms with Crippen LogP contribution in [0.3, 0.4) is 0 Å². The Morgan fingerprint density at radius 1 is 1.00 bits per heavy atom. The van der Waals surface area contributed by atoms with Gasteiger partial charge in [-0.25, -0.2) is 12.8 Å². The van der Waals surface area contributed by atoms with Crippen LogP contribution in [0.4, 0.5) is 4.39 Å². The molecule has 1 aromatic heterocycles. The number of carbonyl (C=O) groups is 1. The van der Waals surface area contributed by atoms with E-state index in [-0.39, 0.29) is 29.7 Å². The second-order valence-corrected chi connectivity index (χ2v) is 10.2. The molecule has 1 amide bonds. The quantitative estimate of drug-likeness (QED) is 0.633. The lowest BCUT2D eigenvalue weighted by atomic mass is 10.1. The minimum atomic E-state index is -3.59. The monoisotopic (exact) mass is 432 g/mol. The number of carbonyl (C=O) groups excluding carboxylic acids is 1. The van der Waals surface area contributed by atoms with Crippen molar-refractivity contribution in [2.45, 2.75) is 18.7 Å². The van der Waals surface area contributed by atoms with Crippen molar-refractivity contribution in [1.82, 2.24) is 9.21 Å². The van der Waals surface area contributed by atoms with Gasteiger partial charge in [0, 0.05) is 36.3 Å². The van der Waals surface area contributed by atoms with Gasteiger partial charge in [0.05, 0.1) is 9.77 Å². The first-order valence-electron chi connectivity index (χ1n) is 9.32. The molecule has 0 unspecified atom stereocenters. The van der Waals surface area contributed by atoms with E-state index in [9.17, 15) is 17.6 Å². The van der Waals surface area contributed by atoms with Crippen molar-refractivity contribution in [3.8, 4) is 0 Å². The molecule has 0 radical (unpaired) electrons. The van der Waals surface area contributed by atoms with Crippen LogP contribution >= 0.6 is 11.3 Å². The number of aryl methyl sites for hydroxylation is 2. The van der Waals surface area contributed by atoms with E-state index in [0.717, 1.165) is 15.8 Å². The summed E-state index contributed by atoms with van der Waals surface area (Å²) in [4.78, 5) is 15.2. The fraction of sp³-hybridized carbons (Fsp3) is 0.286. The molecule has 2 aromatic carbocycles. The van der Waals surface area contributed by atoms with Crippen LogP contribution in [0.25, 0.3) is 10.1 Å². The van der Waals surface area contributed by atoms with Gasteiger partial charge in [0.2, 0.25) is 10.0 Å². The highest BCUT2D eigenvalue weighted by Crippen LogP contribution is 2.29. The Hall–Kier alpha value is -2.29. The predicted octanol–water partition coefficient (Wildman–Crippen LogP) is 3.80. The number of nitrogens with zero attached hydrogens (tertiary/aromatic N) is 2. The molecule has 0 spiro atoms. The van der Waals surface area contributed by atoms with Crippen LogP contribution in [0.5, 0.6) is 0 Å². The average molecular weight is 433 g/mol. The third-order valence-corrected chi connectivity index (χ3v) is 8.34. The minimum absolute atomic E-state index is 0.186. The van der Waals surface area contributed by atoms with Gasteiger partial charge in [-0.2, -0.15) is 4.31 Å². The van der Waals surface area contributed by atoms with Gasteiger partial charge in [-0.05, 0) is 55.3 Å². The van der Waals surface area contributed by atoms with Crippen molar-refractivity contribution in [2.24, 2.45) is 0 Å². The maximum absolute atomic E-state index is 13.9. The summed E-state index contributed by atoms with van der Waals surface area (Å²) >= 11 is 1.26. The highest BCUT2D eigenvalue weighted by Gasteiger charge is 2.31. The minimum Gasteiger partial charge on any atom is -0.335 e. The van der Waals surface area contributed by atoms with Gasteiger partial charge in [-0.15, -0.1) is 11.3 Å². The molecule has 29 heavy (non-hydrogen) atoms. The Morgan fingerprint density at radius 3 is 2.38 bits per heavy atom. The largest absolute Gasteiger partial charge is 0.335 e. The highest BCUT2D eigenvalue weighted by molar-refractivity contribution is 7.89. The Balaban J connectivity index is 1.49. The molecule has 8 heteroatoms. The van der Waals surface area contributed by atoms with Gasteiger partial charge in [0.25, 0.3) is 5.91 Å². The number of amides is 1. The van der Waals surface area contributed by atoms with Crippen LogP contribution < -0.4 is 0 Å². The van der Waals surface area contributed by atoms with E-state index >= 15 is 0 Å². The lowest BCUT2D eigenvalue weighted by Crippen LogP contribution is -2.50. The van der Waals surface area contributed by atoms with Crippen LogP contribution in [-0.2, 0) is 10.0 Å². The van der Waals surface area contributed by atoms with Crippen LogP contribution in [-0.4, -0.2) is 49.7 Å². The zero-order valence-corrected chi connectivity index (χ0v) is 17.8. The Morgan fingerprint density at radius 2 is 1.72 bits per heavy atom. The van der Waals surface area contributed by atoms with E-state index in [2.05, 4.69) is 0 Å². The van der Waals surface area contributed by atoms with Crippen molar-refractivity contribution in [2.75, 3.05) is 26.2 Å². The number of rotatable bonds is 3. The fourth-order valence-corrected chi connectivity index (χ4v) is 5.99. The number of halogens is 1. The summed E-state index contributed by atoms with van der Waals surface area (Å²) in [6, 6.07) is 11.5. The maximum atomic E-state index is 13.9. The van der Waals surface area contributed by atoms with Gasteiger partial charge >= 0.3 is 0 Å². The molecule has 1 saturated heterocycles. The summed E-state index contributed by atoms with van der Waals surface area (Å²) in [5.41, 5.74) is 1.97. The van der Waals surface area contributed by atoms with E-state index in [4.69, 9.17) is 0 Å². The summed E-state index contributed by atoms with van der Waals surface area (Å²) in [6.45, 7) is 4.91. The van der Waals surface area contributed by atoms with Crippen LogP contribution in [0.15, 0.2) is 47.4 Å². The molecular weight excluding hydrogens is 411 g/mol. The number of fused-ring (bicyclic) bond motifs is 1. The first-order chi connectivity index (χ1) is 13.8. The number of thiophene rings is 1. The molecule has 0 atom stereocenters. The van der Waals surface area contributed by atoms with E-state index < -0.39 is 10.0 Å². The van der Waals surface area contributed by atoms with Crippen molar-refractivity contribution in [3.05, 3.63) is 64.3 Å². The first kappa shape index (κ1) is 20.0. The zero-order valence-electron chi connectivity index (χ0n) is 16.2. The number of piperazine rings is 1. The zero-order chi connectivity index (χ0) is 20.8. The maximum Gasteiger partial charge on any atom is 0.264 e. The molecule has 152 valence electrons. The van der Waals surface area contributed by atoms with Gasteiger partial charge in [0.1, 0.15) is 5.82 Å². The van der Waals surface area contributed by atoms with E-state index in [1.807, 2.05) is 19.9 Å². The Labute approximate surface area is 173 Å². The number of hydrogen-bond donors (Lipinski definition) is 0. The second kappa shape index (κ2) is 7.51. The number of hydrogen-bond acceptors (Lipinski definition) is 4. The molecule has 2 heterocycles. The van der Waals surface area contributed by atoms with E-state index in [0.29, 0.717) is 23.4 Å². The topological polar surface area (TPSA) is 57.7 Å². The molecule has 0 saturated carbocycles. The van der Waals surface area contributed by atoms with Crippen LogP contribution in [0, 0.1) is 19.7 Å². The predicted molar refractivity (Wildman–Crippen MR) is 112 cm³/mol. The summed E-state index contributed by atoms with van der Waals surface area (Å²) < 4.78 is 41.9. The number of benzene rings is 2. The van der Waals surface area contributed by atoms with E-state index in [1.54, 1.807) is 35.2 Å². The molecule has 3 aromatic rings. The van der Waals surface area contributed by atoms with Gasteiger partial charge in [0.15, 0.2) is 0 Å².